The summed E-state index contributed by atoms with van der Waals surface area (Å²) < 4.78 is 19.6. The summed E-state index contributed by atoms with van der Waals surface area (Å²) in [6.07, 6.45) is 8.70. The molecular weight excluding hydrogens is 1170 g/mol. The van der Waals surface area contributed by atoms with Crippen molar-refractivity contribution in [1.29, 1.82) is 0 Å². The molecule has 0 unspecified atom stereocenters. The van der Waals surface area contributed by atoms with Crippen LogP contribution in [0.1, 0.15) is 25.0 Å². The number of aryl methyl sites for hydroxylation is 2. The second-order valence-electron chi connectivity index (χ2n) is 15.3. The monoisotopic (exact) mass is 1200 g/mol. The largest absolute Gasteiger partial charge is 2.00 e. The second-order valence-corrected chi connectivity index (χ2v) is 15.3. The van der Waals surface area contributed by atoms with E-state index < -0.39 is 0 Å². The van der Waals surface area contributed by atoms with E-state index >= 15 is 0 Å². The first-order valence-electron chi connectivity index (χ1n) is 21.0. The Bertz CT molecular complexity index is 3490. The minimum atomic E-state index is 0. The van der Waals surface area contributed by atoms with Crippen LogP contribution in [-0.4, -0.2) is 33.6 Å². The van der Waals surface area contributed by atoms with Gasteiger partial charge in [0, 0.05) is 58.8 Å². The number of rotatable bonds is 9. The Balaban J connectivity index is 0.00000249. The number of benzene rings is 6. The van der Waals surface area contributed by atoms with Crippen molar-refractivity contribution in [2.75, 3.05) is 0 Å². The molecule has 0 saturated heterocycles. The molecule has 65 heavy (non-hydrogen) atoms. The molecule has 0 N–H and O–H groups in total. The van der Waals surface area contributed by atoms with Crippen molar-refractivity contribution >= 4 is 65.4 Å². The van der Waals surface area contributed by atoms with E-state index in [4.69, 9.17) is 19.4 Å². The van der Waals surface area contributed by atoms with Gasteiger partial charge in [0.05, 0.1) is 0 Å². The van der Waals surface area contributed by atoms with Crippen molar-refractivity contribution in [3.63, 3.8) is 0 Å². The standard InChI is InChI=1S/C54H35N7O2.2Pt/c1-3-34-28-38(32-48-52(34)42-14-5-7-16-44(42)59(48)50-18-9-11-24-55-50)62-36-20-22-40-41-23-21-37(31-47(41)61(46(40)30-36)54-57-26-13-27-58-54)63-39-29-35(4-2)53-43-15-6-8-17-45(43)60(49(53)33-39)51-19-10-12-25-56-51;;/h5-29H,3-4H2,1-2H3;;/q-4;2*+2. The summed E-state index contributed by atoms with van der Waals surface area (Å²) in [5.74, 6) is 4.31. The summed E-state index contributed by atoms with van der Waals surface area (Å²) in [4.78, 5) is 18.8. The van der Waals surface area contributed by atoms with Crippen LogP contribution >= 0.6 is 0 Å². The molecule has 0 aliphatic rings. The van der Waals surface area contributed by atoms with E-state index in [1.165, 1.54) is 0 Å². The normalized spacial score (nSPS) is 11.4. The van der Waals surface area contributed by atoms with Crippen LogP contribution in [0.15, 0.2) is 152 Å². The Morgan fingerprint density at radius 2 is 0.846 bits per heavy atom. The third-order valence-corrected chi connectivity index (χ3v) is 11.7. The van der Waals surface area contributed by atoms with Gasteiger partial charge in [0.15, 0.2) is 0 Å². The van der Waals surface area contributed by atoms with Crippen LogP contribution in [0.3, 0.4) is 0 Å². The summed E-state index contributed by atoms with van der Waals surface area (Å²) in [5.41, 5.74) is 7.71. The van der Waals surface area contributed by atoms with E-state index in [1.54, 1.807) is 18.5 Å². The van der Waals surface area contributed by atoms with E-state index in [0.29, 0.717) is 28.9 Å². The van der Waals surface area contributed by atoms with Crippen molar-refractivity contribution in [3.8, 4) is 40.6 Å². The predicted molar refractivity (Wildman–Crippen MR) is 248 cm³/mol. The number of pyridine rings is 2. The van der Waals surface area contributed by atoms with Crippen molar-refractivity contribution in [3.05, 3.63) is 188 Å². The molecule has 0 saturated carbocycles. The van der Waals surface area contributed by atoms with Crippen molar-refractivity contribution < 1.29 is 51.6 Å². The Labute approximate surface area is 402 Å². The minimum Gasteiger partial charge on any atom is -0.509 e. The Morgan fingerprint density at radius 1 is 0.415 bits per heavy atom. The Morgan fingerprint density at radius 3 is 1.29 bits per heavy atom. The molecule has 0 aliphatic heterocycles. The van der Waals surface area contributed by atoms with Gasteiger partial charge in [-0.3, -0.25) is 0 Å². The maximum Gasteiger partial charge on any atom is 2.00 e. The fraction of sp³-hybridized carbons (Fsp3) is 0.0741. The fourth-order valence-electron chi connectivity index (χ4n) is 9.04. The zero-order valence-corrected chi connectivity index (χ0v) is 39.5. The Hall–Kier alpha value is -6.92. The van der Waals surface area contributed by atoms with Crippen LogP contribution in [0.4, 0.5) is 0 Å². The molecule has 6 aromatic carbocycles. The molecule has 12 aromatic rings. The van der Waals surface area contributed by atoms with E-state index in [9.17, 15) is 0 Å². The third kappa shape index (κ3) is 7.02. The van der Waals surface area contributed by atoms with Gasteiger partial charge < -0.3 is 23.2 Å². The van der Waals surface area contributed by atoms with Crippen molar-refractivity contribution in [1.82, 2.24) is 33.6 Å². The maximum atomic E-state index is 6.69. The zero-order chi connectivity index (χ0) is 42.0. The molecule has 6 heterocycles. The van der Waals surface area contributed by atoms with E-state index in [1.807, 2.05) is 77.6 Å². The topological polar surface area (TPSA) is 84.8 Å². The van der Waals surface area contributed by atoms with Crippen LogP contribution in [0.5, 0.6) is 23.0 Å². The van der Waals surface area contributed by atoms with Gasteiger partial charge in [0.1, 0.15) is 11.6 Å². The van der Waals surface area contributed by atoms with Crippen LogP contribution < -0.4 is 9.47 Å². The van der Waals surface area contributed by atoms with E-state index in [2.05, 4.69) is 118 Å². The molecule has 0 fully saturated rings. The van der Waals surface area contributed by atoms with Crippen molar-refractivity contribution in [2.45, 2.75) is 26.7 Å². The molecule has 6 aromatic heterocycles. The minimum absolute atomic E-state index is 0. The number of hydrogen-bond donors (Lipinski definition) is 0. The zero-order valence-electron chi connectivity index (χ0n) is 34.9. The van der Waals surface area contributed by atoms with Crippen LogP contribution in [-0.2, 0) is 55.0 Å². The first-order chi connectivity index (χ1) is 31.1. The molecule has 11 heteroatoms. The molecular formula is C54H35N7O2Pt2. The molecule has 0 radical (unpaired) electrons. The van der Waals surface area contributed by atoms with Gasteiger partial charge in [0.25, 0.3) is 0 Å². The number of para-hydroxylation sites is 2. The van der Waals surface area contributed by atoms with E-state index in [-0.39, 0.29) is 42.1 Å². The van der Waals surface area contributed by atoms with Gasteiger partial charge in [-0.1, -0.05) is 108 Å². The number of hydrogen-bond acceptors (Lipinski definition) is 6. The van der Waals surface area contributed by atoms with E-state index in [0.717, 1.165) is 101 Å². The molecule has 0 bridgehead atoms. The molecule has 12 rings (SSSR count). The number of ether oxygens (including phenoxy) is 2. The van der Waals surface area contributed by atoms with Gasteiger partial charge in [-0.15, -0.1) is 59.7 Å². The van der Waals surface area contributed by atoms with Crippen LogP contribution in [0.2, 0.25) is 0 Å². The quantitative estimate of drug-likeness (QED) is 0.134. The molecule has 0 atom stereocenters. The van der Waals surface area contributed by atoms with Crippen LogP contribution in [0.25, 0.3) is 83.0 Å². The molecule has 0 amide bonds. The Kier molecular flexibility index (Phi) is 11.1. The molecule has 9 nitrogen and oxygen atoms in total. The van der Waals surface area contributed by atoms with Crippen molar-refractivity contribution in [2.24, 2.45) is 0 Å². The third-order valence-electron chi connectivity index (χ3n) is 11.7. The van der Waals surface area contributed by atoms with Gasteiger partial charge in [-0.2, -0.15) is 22.9 Å². The first kappa shape index (κ1) is 42.1. The predicted octanol–water partition coefficient (Wildman–Crippen LogP) is 12.5. The fourth-order valence-corrected chi connectivity index (χ4v) is 9.04. The number of fused-ring (bicyclic) bond motifs is 9. The summed E-state index contributed by atoms with van der Waals surface area (Å²) >= 11 is 0. The summed E-state index contributed by atoms with van der Waals surface area (Å²) in [5, 5.41) is 6.46. The average Bonchev–Trinajstić information content (AvgIpc) is 3.97. The van der Waals surface area contributed by atoms with Gasteiger partial charge in [0.2, 0.25) is 5.95 Å². The average molecular weight is 1200 g/mol. The van der Waals surface area contributed by atoms with Crippen LogP contribution in [0, 0.1) is 24.3 Å². The number of nitrogens with zero attached hydrogens (tertiary/aromatic N) is 7. The van der Waals surface area contributed by atoms with Gasteiger partial charge in [-0.05, 0) is 53.2 Å². The number of aromatic nitrogens is 7. The van der Waals surface area contributed by atoms with Gasteiger partial charge >= 0.3 is 42.1 Å². The molecule has 318 valence electrons. The summed E-state index contributed by atoms with van der Waals surface area (Å²) in [7, 11) is 0. The maximum absolute atomic E-state index is 6.69. The van der Waals surface area contributed by atoms with Gasteiger partial charge in [-0.25, -0.2) is 19.9 Å². The second kappa shape index (κ2) is 17.2. The summed E-state index contributed by atoms with van der Waals surface area (Å²) in [6, 6.07) is 57.0. The SMILES string of the molecule is CCc1cc(Oc2[c-]c3c(cc2)c2ccc(Oc4[c-]c5c(c(CC)c4)c4ccccc4n5-c4ccccn4)[c-]c2n3-c2ncccn2)[c-]c2c1c1ccccc1n2-c1ccccn1.[Pt+2].[Pt+2]. The summed E-state index contributed by atoms with van der Waals surface area (Å²) in [6.45, 7) is 4.33. The molecule has 0 aliphatic carbocycles. The smallest absolute Gasteiger partial charge is 0.509 e. The molecule has 0 spiro atoms. The first-order valence-corrected chi connectivity index (χ1v) is 21.0.